The maximum Gasteiger partial charge on any atom is 0.218 e. The number of carbonyl (C=O) groups excluding carboxylic acids is 1. The molecule has 0 bridgehead atoms. The Kier molecular flexibility index (Phi) is 3.65. The molecule has 1 unspecified atom stereocenters. The van der Waals surface area contributed by atoms with E-state index >= 15 is 0 Å². The lowest BCUT2D eigenvalue weighted by atomic mass is 10.0. The van der Waals surface area contributed by atoms with Crippen LogP contribution in [0, 0.1) is 10.1 Å². The number of rotatable bonds is 4. The van der Waals surface area contributed by atoms with Crippen molar-refractivity contribution in [1.29, 1.82) is 0 Å². The first-order chi connectivity index (χ1) is 4.90. The Labute approximate surface area is 73.2 Å². The summed E-state index contributed by atoms with van der Waals surface area (Å²) in [6.45, 7) is 2.98. The highest BCUT2D eigenvalue weighted by atomic mass is 79.9. The van der Waals surface area contributed by atoms with Gasteiger partial charge in [0.25, 0.3) is 0 Å². The number of nitro groups is 1. The van der Waals surface area contributed by atoms with Crippen LogP contribution in [-0.2, 0) is 4.79 Å². The molecule has 0 radical (unpaired) electrons. The molecule has 0 aliphatic carbocycles. The third-order valence-corrected chi connectivity index (χ3v) is 1.88. The van der Waals surface area contributed by atoms with E-state index in [2.05, 4.69) is 15.9 Å². The lowest BCUT2D eigenvalue weighted by Crippen LogP contribution is -2.33. The van der Waals surface area contributed by atoms with Crippen LogP contribution < -0.4 is 0 Å². The molecular weight excluding hydrogens is 214 g/mol. The summed E-state index contributed by atoms with van der Waals surface area (Å²) in [6, 6.07) is 0. The molecule has 4 nitrogen and oxygen atoms in total. The minimum Gasteiger partial charge on any atom is -0.302 e. The molecule has 0 spiro atoms. The first-order valence-electron chi connectivity index (χ1n) is 3.14. The van der Waals surface area contributed by atoms with E-state index in [0.717, 1.165) is 0 Å². The van der Waals surface area contributed by atoms with Gasteiger partial charge in [-0.15, -0.1) is 0 Å². The van der Waals surface area contributed by atoms with Gasteiger partial charge in [-0.3, -0.25) is 10.1 Å². The molecular formula is C6H10BrNO3. The standard InChI is InChI=1S/C6H10BrNO3/c1-6(2,8(10)11)3-5(7)4-9/h4-5H,3H2,1-2H3. The average molecular weight is 224 g/mol. The second-order valence-corrected chi connectivity index (χ2v) is 4.10. The van der Waals surface area contributed by atoms with Gasteiger partial charge in [0.2, 0.25) is 5.54 Å². The minimum atomic E-state index is -1.03. The molecule has 0 aromatic rings. The smallest absolute Gasteiger partial charge is 0.218 e. The molecule has 0 saturated heterocycles. The SMILES string of the molecule is CC(C)(CC(Br)C=O)[N+](=O)[O-]. The third kappa shape index (κ3) is 3.46. The highest BCUT2D eigenvalue weighted by molar-refractivity contribution is 9.09. The van der Waals surface area contributed by atoms with Gasteiger partial charge in [-0.25, -0.2) is 0 Å². The Morgan fingerprint density at radius 3 is 2.45 bits per heavy atom. The van der Waals surface area contributed by atoms with Gasteiger partial charge in [0, 0.05) is 25.2 Å². The van der Waals surface area contributed by atoms with Crippen LogP contribution in [0.3, 0.4) is 0 Å². The van der Waals surface area contributed by atoms with E-state index in [0.29, 0.717) is 6.29 Å². The number of hydrogen-bond acceptors (Lipinski definition) is 3. The molecule has 0 heterocycles. The van der Waals surface area contributed by atoms with Crippen LogP contribution in [0.15, 0.2) is 0 Å². The lowest BCUT2D eigenvalue weighted by Gasteiger charge is -2.15. The van der Waals surface area contributed by atoms with Gasteiger partial charge in [0.15, 0.2) is 0 Å². The fourth-order valence-corrected chi connectivity index (χ4v) is 1.39. The minimum absolute atomic E-state index is 0.212. The predicted octanol–water partition coefficient (Wildman–Crippen LogP) is 1.39. The first-order valence-corrected chi connectivity index (χ1v) is 4.05. The zero-order valence-electron chi connectivity index (χ0n) is 6.41. The number of alkyl halides is 1. The topological polar surface area (TPSA) is 60.2 Å². The molecule has 0 rings (SSSR count). The fraction of sp³-hybridized carbons (Fsp3) is 0.833. The summed E-state index contributed by atoms with van der Waals surface area (Å²) in [4.78, 5) is 19.7. The number of carbonyl (C=O) groups is 1. The summed E-state index contributed by atoms with van der Waals surface area (Å²) >= 11 is 3.01. The highest BCUT2D eigenvalue weighted by Crippen LogP contribution is 2.18. The van der Waals surface area contributed by atoms with Crippen LogP contribution in [0.4, 0.5) is 0 Å². The highest BCUT2D eigenvalue weighted by Gasteiger charge is 2.32. The Morgan fingerprint density at radius 2 is 2.18 bits per heavy atom. The van der Waals surface area contributed by atoms with E-state index in [1.54, 1.807) is 0 Å². The molecule has 0 N–H and O–H groups in total. The van der Waals surface area contributed by atoms with E-state index in [1.807, 2.05) is 0 Å². The number of halogens is 1. The van der Waals surface area contributed by atoms with Crippen molar-refractivity contribution < 1.29 is 9.72 Å². The van der Waals surface area contributed by atoms with E-state index in [9.17, 15) is 14.9 Å². The largest absolute Gasteiger partial charge is 0.302 e. The average Bonchev–Trinajstić information content (AvgIpc) is 1.86. The molecule has 0 aromatic carbocycles. The maximum absolute atomic E-state index is 10.3. The van der Waals surface area contributed by atoms with Crippen molar-refractivity contribution in [3.63, 3.8) is 0 Å². The van der Waals surface area contributed by atoms with E-state index < -0.39 is 10.4 Å². The molecule has 64 valence electrons. The van der Waals surface area contributed by atoms with Gasteiger partial charge in [-0.05, 0) is 0 Å². The summed E-state index contributed by atoms with van der Waals surface area (Å²) in [5.74, 6) is 0. The molecule has 5 heteroatoms. The second kappa shape index (κ2) is 3.80. The van der Waals surface area contributed by atoms with Gasteiger partial charge in [0.1, 0.15) is 6.29 Å². The molecule has 0 aromatic heterocycles. The molecule has 0 amide bonds. The van der Waals surface area contributed by atoms with Gasteiger partial charge >= 0.3 is 0 Å². The molecule has 1 atom stereocenters. The Balaban J connectivity index is 4.11. The number of aldehydes is 1. The van der Waals surface area contributed by atoms with Crippen molar-refractivity contribution in [3.8, 4) is 0 Å². The van der Waals surface area contributed by atoms with Crippen LogP contribution in [0.2, 0.25) is 0 Å². The molecule has 0 saturated carbocycles. The first kappa shape index (κ1) is 10.6. The van der Waals surface area contributed by atoms with Crippen molar-refractivity contribution in [3.05, 3.63) is 10.1 Å². The molecule has 0 fully saturated rings. The van der Waals surface area contributed by atoms with Gasteiger partial charge in [0.05, 0.1) is 4.83 Å². The fourth-order valence-electron chi connectivity index (χ4n) is 0.600. The molecule has 11 heavy (non-hydrogen) atoms. The Bertz CT molecular complexity index is 169. The van der Waals surface area contributed by atoms with Crippen LogP contribution in [-0.4, -0.2) is 21.6 Å². The third-order valence-electron chi connectivity index (χ3n) is 1.34. The van der Waals surface area contributed by atoms with Crippen molar-refractivity contribution in [2.24, 2.45) is 0 Å². The van der Waals surface area contributed by atoms with Gasteiger partial charge in [-0.1, -0.05) is 15.9 Å². The summed E-state index contributed by atoms with van der Waals surface area (Å²) in [5, 5.41) is 10.3. The monoisotopic (exact) mass is 223 g/mol. The van der Waals surface area contributed by atoms with E-state index in [4.69, 9.17) is 0 Å². The van der Waals surface area contributed by atoms with E-state index in [1.165, 1.54) is 13.8 Å². The summed E-state index contributed by atoms with van der Waals surface area (Å²) < 4.78 is 0. The van der Waals surface area contributed by atoms with Crippen molar-refractivity contribution in [1.82, 2.24) is 0 Å². The Morgan fingerprint density at radius 1 is 1.73 bits per heavy atom. The quantitative estimate of drug-likeness (QED) is 0.314. The van der Waals surface area contributed by atoms with Crippen LogP contribution in [0.5, 0.6) is 0 Å². The summed E-state index contributed by atoms with van der Waals surface area (Å²) in [5.41, 5.74) is -1.03. The van der Waals surface area contributed by atoms with Gasteiger partial charge < -0.3 is 4.79 Å². The lowest BCUT2D eigenvalue weighted by molar-refractivity contribution is -0.561. The summed E-state index contributed by atoms with van der Waals surface area (Å²) in [7, 11) is 0. The van der Waals surface area contributed by atoms with Crippen LogP contribution in [0.25, 0.3) is 0 Å². The Hall–Kier alpha value is -0.450. The van der Waals surface area contributed by atoms with E-state index in [-0.39, 0.29) is 11.3 Å². The van der Waals surface area contributed by atoms with Gasteiger partial charge in [-0.2, -0.15) is 0 Å². The number of hydrogen-bond donors (Lipinski definition) is 0. The molecule has 0 aliphatic heterocycles. The number of nitrogens with zero attached hydrogens (tertiary/aromatic N) is 1. The van der Waals surface area contributed by atoms with Crippen LogP contribution in [0.1, 0.15) is 20.3 Å². The summed E-state index contributed by atoms with van der Waals surface area (Å²) in [6.07, 6.45) is 0.870. The normalized spacial score (nSPS) is 14.1. The zero-order chi connectivity index (χ0) is 9.07. The zero-order valence-corrected chi connectivity index (χ0v) is 8.00. The second-order valence-electron chi connectivity index (χ2n) is 2.93. The van der Waals surface area contributed by atoms with Crippen molar-refractivity contribution >= 4 is 22.2 Å². The van der Waals surface area contributed by atoms with Crippen LogP contribution >= 0.6 is 15.9 Å². The maximum atomic E-state index is 10.3. The predicted molar refractivity (Wildman–Crippen MR) is 44.5 cm³/mol. The molecule has 0 aliphatic rings. The van der Waals surface area contributed by atoms with Crippen molar-refractivity contribution in [2.45, 2.75) is 30.6 Å². The van der Waals surface area contributed by atoms with Crippen molar-refractivity contribution in [2.75, 3.05) is 0 Å².